The van der Waals surface area contributed by atoms with Crippen LogP contribution in [0.2, 0.25) is 0 Å². The summed E-state index contributed by atoms with van der Waals surface area (Å²) in [6.07, 6.45) is 2.76. The first-order valence-corrected chi connectivity index (χ1v) is 5.13. The fraction of sp³-hybridized carbons (Fsp3) is 0.545. The Kier molecular flexibility index (Phi) is 5.07. The van der Waals surface area contributed by atoms with Crippen molar-refractivity contribution in [1.29, 1.82) is 0 Å². The van der Waals surface area contributed by atoms with E-state index in [4.69, 9.17) is 10.5 Å². The molecular weight excluding hydrogens is 190 g/mol. The highest BCUT2D eigenvalue weighted by molar-refractivity contribution is 5.38. The van der Waals surface area contributed by atoms with Crippen molar-refractivity contribution in [3.63, 3.8) is 0 Å². The summed E-state index contributed by atoms with van der Waals surface area (Å²) in [4.78, 5) is 6.43. The standard InChI is InChI=1S/C11H19N3O/c1-14(7-8-15-2)11-4-3-10(5-6-12)9-13-11/h3-4,9H,5-8,12H2,1-2H3. The van der Waals surface area contributed by atoms with Crippen molar-refractivity contribution in [3.8, 4) is 0 Å². The molecular formula is C11H19N3O. The number of aromatic nitrogens is 1. The van der Waals surface area contributed by atoms with Crippen LogP contribution in [0.4, 0.5) is 5.82 Å². The first-order chi connectivity index (χ1) is 7.27. The number of ether oxygens (including phenoxy) is 1. The van der Waals surface area contributed by atoms with Gasteiger partial charge in [-0.25, -0.2) is 4.98 Å². The summed E-state index contributed by atoms with van der Waals surface area (Å²) in [5, 5.41) is 0. The van der Waals surface area contributed by atoms with Gasteiger partial charge >= 0.3 is 0 Å². The summed E-state index contributed by atoms with van der Waals surface area (Å²) in [6.45, 7) is 2.23. The molecule has 0 saturated carbocycles. The van der Waals surface area contributed by atoms with E-state index in [0.29, 0.717) is 13.2 Å². The lowest BCUT2D eigenvalue weighted by atomic mass is 10.2. The third-order valence-electron chi connectivity index (χ3n) is 2.26. The lowest BCUT2D eigenvalue weighted by Crippen LogP contribution is -2.22. The summed E-state index contributed by atoms with van der Waals surface area (Å²) < 4.78 is 5.01. The van der Waals surface area contributed by atoms with Gasteiger partial charge in [0.05, 0.1) is 6.61 Å². The molecule has 0 amide bonds. The van der Waals surface area contributed by atoms with E-state index in [1.165, 1.54) is 5.56 Å². The second-order valence-electron chi connectivity index (χ2n) is 3.48. The van der Waals surface area contributed by atoms with E-state index in [0.717, 1.165) is 18.8 Å². The Bertz CT molecular complexity index is 274. The minimum absolute atomic E-state index is 0.667. The number of nitrogens with zero attached hydrogens (tertiary/aromatic N) is 2. The Morgan fingerprint density at radius 3 is 2.80 bits per heavy atom. The van der Waals surface area contributed by atoms with Crippen LogP contribution in [0.15, 0.2) is 18.3 Å². The molecule has 4 nitrogen and oxygen atoms in total. The molecule has 15 heavy (non-hydrogen) atoms. The molecule has 0 aliphatic carbocycles. The molecule has 1 aromatic heterocycles. The molecule has 1 rings (SSSR count). The Morgan fingerprint density at radius 1 is 1.47 bits per heavy atom. The summed E-state index contributed by atoms with van der Waals surface area (Å²) in [7, 11) is 3.70. The normalized spacial score (nSPS) is 10.3. The van der Waals surface area contributed by atoms with E-state index in [9.17, 15) is 0 Å². The summed E-state index contributed by atoms with van der Waals surface area (Å²) in [6, 6.07) is 4.08. The van der Waals surface area contributed by atoms with Crippen LogP contribution in [0, 0.1) is 0 Å². The molecule has 0 radical (unpaired) electrons. The van der Waals surface area contributed by atoms with E-state index >= 15 is 0 Å². The van der Waals surface area contributed by atoms with Gasteiger partial charge in [0.25, 0.3) is 0 Å². The predicted octanol–water partition coefficient (Wildman–Crippen LogP) is 0.665. The molecule has 0 aromatic carbocycles. The van der Waals surface area contributed by atoms with Crippen molar-refractivity contribution in [2.75, 3.05) is 38.8 Å². The third kappa shape index (κ3) is 3.85. The number of rotatable bonds is 6. The second kappa shape index (κ2) is 6.37. The molecule has 1 heterocycles. The lowest BCUT2D eigenvalue weighted by molar-refractivity contribution is 0.206. The second-order valence-corrected chi connectivity index (χ2v) is 3.48. The number of nitrogens with two attached hydrogens (primary N) is 1. The van der Waals surface area contributed by atoms with Gasteiger partial charge in [-0.1, -0.05) is 6.07 Å². The quantitative estimate of drug-likeness (QED) is 0.748. The highest BCUT2D eigenvalue weighted by Gasteiger charge is 2.01. The van der Waals surface area contributed by atoms with Gasteiger partial charge in [-0.3, -0.25) is 0 Å². The Labute approximate surface area is 91.1 Å². The van der Waals surface area contributed by atoms with Crippen LogP contribution in [0.1, 0.15) is 5.56 Å². The van der Waals surface area contributed by atoms with Crippen LogP contribution < -0.4 is 10.6 Å². The monoisotopic (exact) mass is 209 g/mol. The summed E-state index contributed by atoms with van der Waals surface area (Å²) in [5.41, 5.74) is 6.65. The van der Waals surface area contributed by atoms with E-state index in [2.05, 4.69) is 16.0 Å². The third-order valence-corrected chi connectivity index (χ3v) is 2.26. The van der Waals surface area contributed by atoms with Gasteiger partial charge in [-0.15, -0.1) is 0 Å². The topological polar surface area (TPSA) is 51.4 Å². The van der Waals surface area contributed by atoms with Crippen LogP contribution in [0.5, 0.6) is 0 Å². The maximum atomic E-state index is 5.47. The van der Waals surface area contributed by atoms with Crippen molar-refractivity contribution in [3.05, 3.63) is 23.9 Å². The molecule has 0 fully saturated rings. The number of methoxy groups -OCH3 is 1. The minimum Gasteiger partial charge on any atom is -0.383 e. The smallest absolute Gasteiger partial charge is 0.128 e. The first-order valence-electron chi connectivity index (χ1n) is 5.13. The summed E-state index contributed by atoms with van der Waals surface area (Å²) >= 11 is 0. The van der Waals surface area contributed by atoms with Gasteiger partial charge in [0.1, 0.15) is 5.82 Å². The number of pyridine rings is 1. The maximum absolute atomic E-state index is 5.47. The molecule has 84 valence electrons. The molecule has 0 aliphatic heterocycles. The minimum atomic E-state index is 0.667. The fourth-order valence-electron chi connectivity index (χ4n) is 1.30. The van der Waals surface area contributed by atoms with Gasteiger partial charge in [-0.2, -0.15) is 0 Å². The zero-order chi connectivity index (χ0) is 11.1. The van der Waals surface area contributed by atoms with E-state index < -0.39 is 0 Å². The Balaban J connectivity index is 2.54. The summed E-state index contributed by atoms with van der Waals surface area (Å²) in [5.74, 6) is 0.966. The van der Waals surface area contributed by atoms with Crippen LogP contribution in [-0.4, -0.2) is 38.8 Å². The zero-order valence-electron chi connectivity index (χ0n) is 9.44. The molecule has 0 atom stereocenters. The van der Waals surface area contributed by atoms with Crippen molar-refractivity contribution in [1.82, 2.24) is 4.98 Å². The highest BCUT2D eigenvalue weighted by Crippen LogP contribution is 2.09. The maximum Gasteiger partial charge on any atom is 0.128 e. The van der Waals surface area contributed by atoms with Crippen molar-refractivity contribution in [2.24, 2.45) is 5.73 Å². The lowest BCUT2D eigenvalue weighted by Gasteiger charge is -2.17. The Morgan fingerprint density at radius 2 is 2.27 bits per heavy atom. The number of hydrogen-bond donors (Lipinski definition) is 1. The number of hydrogen-bond acceptors (Lipinski definition) is 4. The number of likely N-dealkylation sites (N-methyl/N-ethyl adjacent to an activating group) is 1. The predicted molar refractivity (Wildman–Crippen MR) is 62.1 cm³/mol. The average molecular weight is 209 g/mol. The van der Waals surface area contributed by atoms with Crippen LogP contribution in [0.3, 0.4) is 0 Å². The van der Waals surface area contributed by atoms with Gasteiger partial charge in [0, 0.05) is 26.9 Å². The molecule has 2 N–H and O–H groups in total. The molecule has 0 aliphatic rings. The average Bonchev–Trinajstić information content (AvgIpc) is 2.27. The Hall–Kier alpha value is -1.13. The van der Waals surface area contributed by atoms with Crippen LogP contribution >= 0.6 is 0 Å². The number of anilines is 1. The van der Waals surface area contributed by atoms with Crippen molar-refractivity contribution < 1.29 is 4.74 Å². The van der Waals surface area contributed by atoms with Crippen molar-refractivity contribution in [2.45, 2.75) is 6.42 Å². The molecule has 0 unspecified atom stereocenters. The van der Waals surface area contributed by atoms with Gasteiger partial charge in [0.15, 0.2) is 0 Å². The van der Waals surface area contributed by atoms with Gasteiger partial charge in [0.2, 0.25) is 0 Å². The van der Waals surface area contributed by atoms with E-state index in [-0.39, 0.29) is 0 Å². The highest BCUT2D eigenvalue weighted by atomic mass is 16.5. The zero-order valence-corrected chi connectivity index (χ0v) is 9.44. The largest absolute Gasteiger partial charge is 0.383 e. The molecule has 4 heteroatoms. The van der Waals surface area contributed by atoms with Crippen LogP contribution in [-0.2, 0) is 11.2 Å². The first kappa shape index (κ1) is 11.9. The van der Waals surface area contributed by atoms with Gasteiger partial charge in [-0.05, 0) is 24.6 Å². The van der Waals surface area contributed by atoms with E-state index in [1.807, 2.05) is 19.3 Å². The van der Waals surface area contributed by atoms with Crippen LogP contribution in [0.25, 0.3) is 0 Å². The molecule has 1 aromatic rings. The fourth-order valence-corrected chi connectivity index (χ4v) is 1.30. The van der Waals surface area contributed by atoms with E-state index in [1.54, 1.807) is 7.11 Å². The van der Waals surface area contributed by atoms with Gasteiger partial charge < -0.3 is 15.4 Å². The van der Waals surface area contributed by atoms with Crippen molar-refractivity contribution >= 4 is 5.82 Å². The molecule has 0 saturated heterocycles. The molecule has 0 spiro atoms. The molecule has 0 bridgehead atoms. The SMILES string of the molecule is COCCN(C)c1ccc(CCN)cn1.